The quantitative estimate of drug-likeness (QED) is 0.354. The summed E-state index contributed by atoms with van der Waals surface area (Å²) in [7, 11) is 0. The number of carbonyl (C=O) groups excluding carboxylic acids is 2. The zero-order chi connectivity index (χ0) is 23.0. The molecule has 1 atom stereocenters. The summed E-state index contributed by atoms with van der Waals surface area (Å²) < 4.78 is 0. The predicted molar refractivity (Wildman–Crippen MR) is 116 cm³/mol. The van der Waals surface area contributed by atoms with Gasteiger partial charge in [-0.15, -0.1) is 0 Å². The SMILES string of the molecule is CC.CC.CC.CCCSCC(NC(=O)CCCC(=O)O)C(=O)NCC(=O)O. The third kappa shape index (κ3) is 26.5. The van der Waals surface area contributed by atoms with Crippen molar-refractivity contribution in [1.82, 2.24) is 10.6 Å². The minimum absolute atomic E-state index is 0.00740. The summed E-state index contributed by atoms with van der Waals surface area (Å²) in [5, 5.41) is 21.8. The van der Waals surface area contributed by atoms with Crippen LogP contribution in [0.4, 0.5) is 0 Å². The lowest BCUT2D eigenvalue weighted by molar-refractivity contribution is -0.138. The van der Waals surface area contributed by atoms with Crippen molar-refractivity contribution in [1.29, 1.82) is 0 Å². The molecule has 0 saturated heterocycles. The van der Waals surface area contributed by atoms with E-state index in [0.29, 0.717) is 5.75 Å². The highest BCUT2D eigenvalue weighted by atomic mass is 32.2. The molecule has 168 valence electrons. The van der Waals surface area contributed by atoms with Crippen LogP contribution in [-0.2, 0) is 19.2 Å². The molecule has 0 aromatic carbocycles. The van der Waals surface area contributed by atoms with Gasteiger partial charge in [0.05, 0.1) is 0 Å². The van der Waals surface area contributed by atoms with Gasteiger partial charge < -0.3 is 20.8 Å². The topological polar surface area (TPSA) is 133 Å². The lowest BCUT2D eigenvalue weighted by atomic mass is 10.2. The Hall–Kier alpha value is -1.77. The molecule has 0 aliphatic heterocycles. The highest BCUT2D eigenvalue weighted by Crippen LogP contribution is 2.06. The lowest BCUT2D eigenvalue weighted by Gasteiger charge is -2.17. The summed E-state index contributed by atoms with van der Waals surface area (Å²) in [5.74, 6) is -1.98. The molecule has 2 amide bonds. The highest BCUT2D eigenvalue weighted by Gasteiger charge is 2.21. The maximum Gasteiger partial charge on any atom is 0.322 e. The molecule has 0 heterocycles. The number of thioether (sulfide) groups is 1. The van der Waals surface area contributed by atoms with Crippen molar-refractivity contribution in [2.75, 3.05) is 18.1 Å². The molecule has 0 aromatic heterocycles. The molecule has 0 rings (SSSR count). The second-order valence-corrected chi connectivity index (χ2v) is 5.70. The standard InChI is InChI=1S/C13H22N2O6S.3C2H6/c1-2-6-22-8-9(13(21)14-7-12(19)20)15-10(16)4-3-5-11(17)18;3*1-2/h9H,2-8H2,1H3,(H,14,21)(H,15,16)(H,17,18)(H,19,20);3*1-2H3. The monoisotopic (exact) mass is 424 g/mol. The number of amides is 2. The van der Waals surface area contributed by atoms with E-state index in [4.69, 9.17) is 10.2 Å². The van der Waals surface area contributed by atoms with Crippen molar-refractivity contribution >= 4 is 35.5 Å². The van der Waals surface area contributed by atoms with Crippen molar-refractivity contribution in [2.45, 2.75) is 80.2 Å². The van der Waals surface area contributed by atoms with Gasteiger partial charge in [0, 0.05) is 18.6 Å². The third-order valence-electron chi connectivity index (χ3n) is 2.49. The number of rotatable bonds is 12. The summed E-state index contributed by atoms with van der Waals surface area (Å²) in [6.45, 7) is 13.5. The number of carboxylic acid groups (broad SMARTS) is 2. The number of nitrogens with one attached hydrogen (secondary N) is 2. The van der Waals surface area contributed by atoms with E-state index in [1.165, 1.54) is 11.8 Å². The number of carbonyl (C=O) groups is 4. The maximum absolute atomic E-state index is 11.9. The van der Waals surface area contributed by atoms with E-state index in [1.807, 2.05) is 48.5 Å². The highest BCUT2D eigenvalue weighted by molar-refractivity contribution is 7.99. The first-order valence-electron chi connectivity index (χ1n) is 9.95. The minimum Gasteiger partial charge on any atom is -0.481 e. The Labute approximate surface area is 174 Å². The van der Waals surface area contributed by atoms with E-state index >= 15 is 0 Å². The molecular formula is C19H40N2O6S. The average molecular weight is 425 g/mol. The van der Waals surface area contributed by atoms with Crippen LogP contribution in [0.2, 0.25) is 0 Å². The van der Waals surface area contributed by atoms with Gasteiger partial charge in [0.15, 0.2) is 0 Å². The largest absolute Gasteiger partial charge is 0.481 e. The van der Waals surface area contributed by atoms with Gasteiger partial charge in [-0.2, -0.15) is 11.8 Å². The van der Waals surface area contributed by atoms with Crippen molar-refractivity contribution in [3.05, 3.63) is 0 Å². The Morgan fingerprint density at radius 3 is 1.86 bits per heavy atom. The van der Waals surface area contributed by atoms with Crippen molar-refractivity contribution in [2.24, 2.45) is 0 Å². The Balaban J connectivity index is -0.000000434. The molecule has 1 unspecified atom stereocenters. The first-order valence-corrected chi connectivity index (χ1v) is 11.1. The second-order valence-electron chi connectivity index (χ2n) is 4.55. The Kier molecular flexibility index (Phi) is 33.1. The molecule has 0 radical (unpaired) electrons. The van der Waals surface area contributed by atoms with Crippen LogP contribution in [0.15, 0.2) is 0 Å². The molecule has 0 saturated carbocycles. The van der Waals surface area contributed by atoms with Crippen LogP contribution in [0.25, 0.3) is 0 Å². The zero-order valence-electron chi connectivity index (χ0n) is 18.5. The van der Waals surface area contributed by atoms with Gasteiger partial charge in [0.25, 0.3) is 0 Å². The van der Waals surface area contributed by atoms with Gasteiger partial charge in [0.1, 0.15) is 12.6 Å². The molecule has 8 nitrogen and oxygen atoms in total. The Morgan fingerprint density at radius 2 is 1.43 bits per heavy atom. The van der Waals surface area contributed by atoms with Crippen LogP contribution in [-0.4, -0.2) is 58.1 Å². The number of aliphatic carboxylic acids is 2. The van der Waals surface area contributed by atoms with Gasteiger partial charge in [0.2, 0.25) is 11.8 Å². The van der Waals surface area contributed by atoms with Gasteiger partial charge >= 0.3 is 11.9 Å². The fourth-order valence-corrected chi connectivity index (χ4v) is 2.41. The van der Waals surface area contributed by atoms with Gasteiger partial charge in [-0.1, -0.05) is 48.5 Å². The molecule has 4 N–H and O–H groups in total. The number of hydrogen-bond acceptors (Lipinski definition) is 5. The van der Waals surface area contributed by atoms with Crippen LogP contribution in [0, 0.1) is 0 Å². The fraction of sp³-hybridized carbons (Fsp3) is 0.789. The van der Waals surface area contributed by atoms with Crippen LogP contribution in [0.5, 0.6) is 0 Å². The molecule has 9 heteroatoms. The number of hydrogen-bond donors (Lipinski definition) is 4. The van der Waals surface area contributed by atoms with Gasteiger partial charge in [-0.3, -0.25) is 19.2 Å². The molecule has 0 aliphatic carbocycles. The average Bonchev–Trinajstić information content (AvgIpc) is 2.69. The van der Waals surface area contributed by atoms with Crippen molar-refractivity contribution in [3.8, 4) is 0 Å². The molecule has 0 fully saturated rings. The number of carboxylic acids is 2. The van der Waals surface area contributed by atoms with Gasteiger partial charge in [-0.05, 0) is 18.6 Å². The van der Waals surface area contributed by atoms with E-state index in [0.717, 1.165) is 12.2 Å². The molecule has 0 aromatic rings. The molecule has 28 heavy (non-hydrogen) atoms. The predicted octanol–water partition coefficient (Wildman–Crippen LogP) is 3.15. The van der Waals surface area contributed by atoms with E-state index in [-0.39, 0.29) is 19.3 Å². The third-order valence-corrected chi connectivity index (χ3v) is 3.76. The van der Waals surface area contributed by atoms with Crippen molar-refractivity contribution in [3.63, 3.8) is 0 Å². The molecule has 0 aliphatic rings. The smallest absolute Gasteiger partial charge is 0.322 e. The lowest BCUT2D eigenvalue weighted by Crippen LogP contribution is -2.49. The first kappa shape index (κ1) is 33.8. The summed E-state index contributed by atoms with van der Waals surface area (Å²) >= 11 is 1.48. The molecule has 0 spiro atoms. The summed E-state index contributed by atoms with van der Waals surface area (Å²) in [6, 6.07) is -0.826. The van der Waals surface area contributed by atoms with E-state index in [9.17, 15) is 19.2 Å². The molecule has 0 bridgehead atoms. The van der Waals surface area contributed by atoms with Crippen LogP contribution >= 0.6 is 11.8 Å². The zero-order valence-corrected chi connectivity index (χ0v) is 19.3. The minimum atomic E-state index is -1.17. The van der Waals surface area contributed by atoms with E-state index < -0.39 is 36.3 Å². The molecular weight excluding hydrogens is 384 g/mol. The maximum atomic E-state index is 11.9. The summed E-state index contributed by atoms with van der Waals surface area (Å²) in [5.41, 5.74) is 0. The fourth-order valence-electron chi connectivity index (χ4n) is 1.48. The van der Waals surface area contributed by atoms with Crippen LogP contribution < -0.4 is 10.6 Å². The first-order chi connectivity index (χ1) is 13.4. The second kappa shape index (κ2) is 27.4. The Morgan fingerprint density at radius 1 is 0.893 bits per heavy atom. The Bertz CT molecular complexity index is 406. The van der Waals surface area contributed by atoms with E-state index in [2.05, 4.69) is 10.6 Å². The van der Waals surface area contributed by atoms with Crippen molar-refractivity contribution < 1.29 is 29.4 Å². The van der Waals surface area contributed by atoms with E-state index in [1.54, 1.807) is 0 Å². The van der Waals surface area contributed by atoms with Crippen LogP contribution in [0.3, 0.4) is 0 Å². The summed E-state index contributed by atoms with van der Waals surface area (Å²) in [6.07, 6.45) is 0.995. The van der Waals surface area contributed by atoms with Crippen LogP contribution in [0.1, 0.15) is 74.1 Å². The normalized spacial score (nSPS) is 9.68. The van der Waals surface area contributed by atoms with Gasteiger partial charge in [-0.25, -0.2) is 0 Å². The summed E-state index contributed by atoms with van der Waals surface area (Å²) in [4.78, 5) is 44.4.